The van der Waals surface area contributed by atoms with Gasteiger partial charge in [-0.3, -0.25) is 14.9 Å². The normalized spacial score (nSPS) is 9.11. The number of aliphatic carboxylic acids is 1. The van der Waals surface area contributed by atoms with Crippen LogP contribution in [0.25, 0.3) is 0 Å². The van der Waals surface area contributed by atoms with Crippen LogP contribution in [0.3, 0.4) is 0 Å². The van der Waals surface area contributed by atoms with Crippen LogP contribution in [0.2, 0.25) is 0 Å². The van der Waals surface area contributed by atoms with Gasteiger partial charge in [-0.25, -0.2) is 0 Å². The van der Waals surface area contributed by atoms with Crippen molar-refractivity contribution in [2.45, 2.75) is 13.0 Å². The van der Waals surface area contributed by atoms with E-state index in [1.165, 1.54) is 24.3 Å². The fourth-order valence-electron chi connectivity index (χ4n) is 1.05. The summed E-state index contributed by atoms with van der Waals surface area (Å²) in [6, 6.07) is 5.37. The summed E-state index contributed by atoms with van der Waals surface area (Å²) in [5.41, 5.74) is 0.456. The van der Waals surface area contributed by atoms with E-state index in [1.807, 2.05) is 0 Å². The number of nitro benzene ring substituents is 1. The number of rotatable bonds is 5. The Balaban J connectivity index is 0.00000289. The van der Waals surface area contributed by atoms with E-state index in [0.717, 1.165) is 0 Å². The number of ether oxygens (including phenoxy) is 1. The first-order valence-electron chi connectivity index (χ1n) is 4.58. The standard InChI is InChI=1S/C10H9NO6.K/c12-9(13)5-10(14)17-6-7-1-3-8(4-2-7)11(15)16;/h1-4H,5-6H2,(H,12,13);/q;+1/p-1. The maximum absolute atomic E-state index is 10.9. The molecule has 0 N–H and O–H groups in total. The molecular formula is C10H8KNO6. The van der Waals surface area contributed by atoms with Crippen molar-refractivity contribution in [3.63, 3.8) is 0 Å². The third-order valence-corrected chi connectivity index (χ3v) is 1.84. The summed E-state index contributed by atoms with van der Waals surface area (Å²) in [6.45, 7) is -0.135. The van der Waals surface area contributed by atoms with Crippen LogP contribution in [-0.2, 0) is 20.9 Å². The Hall–Kier alpha value is -0.804. The predicted molar refractivity (Wildman–Crippen MR) is 52.5 cm³/mol. The number of hydrogen-bond acceptors (Lipinski definition) is 6. The summed E-state index contributed by atoms with van der Waals surface area (Å²) in [5, 5.41) is 20.4. The SMILES string of the molecule is O=C([O-])CC(=O)OCc1ccc([N+](=O)[O-])cc1.[K+]. The van der Waals surface area contributed by atoms with Gasteiger partial charge in [-0.2, -0.15) is 0 Å². The Kier molecular flexibility index (Phi) is 7.95. The Morgan fingerprint density at radius 2 is 1.78 bits per heavy atom. The van der Waals surface area contributed by atoms with Gasteiger partial charge in [0.05, 0.1) is 17.3 Å². The van der Waals surface area contributed by atoms with Gasteiger partial charge in [-0.05, 0) is 17.7 Å². The van der Waals surface area contributed by atoms with Crippen LogP contribution < -0.4 is 56.5 Å². The molecule has 0 spiro atoms. The maximum atomic E-state index is 10.9. The summed E-state index contributed by atoms with van der Waals surface area (Å²) in [6.07, 6.45) is -0.813. The number of non-ortho nitro benzene ring substituents is 1. The van der Waals surface area contributed by atoms with Gasteiger partial charge < -0.3 is 14.6 Å². The van der Waals surface area contributed by atoms with E-state index >= 15 is 0 Å². The molecule has 0 aliphatic heterocycles. The Morgan fingerprint density at radius 3 is 2.22 bits per heavy atom. The van der Waals surface area contributed by atoms with E-state index in [9.17, 15) is 24.8 Å². The van der Waals surface area contributed by atoms with Crippen LogP contribution in [-0.4, -0.2) is 16.9 Å². The second kappa shape index (κ2) is 8.32. The van der Waals surface area contributed by atoms with E-state index < -0.39 is 23.3 Å². The summed E-state index contributed by atoms with van der Waals surface area (Å²) < 4.78 is 4.61. The number of nitro groups is 1. The van der Waals surface area contributed by atoms with Gasteiger partial charge in [0.15, 0.2) is 0 Å². The molecule has 90 valence electrons. The molecule has 18 heavy (non-hydrogen) atoms. The van der Waals surface area contributed by atoms with E-state index in [2.05, 4.69) is 4.74 Å². The number of esters is 1. The van der Waals surface area contributed by atoms with Crippen molar-refractivity contribution in [2.24, 2.45) is 0 Å². The summed E-state index contributed by atoms with van der Waals surface area (Å²) in [4.78, 5) is 30.7. The van der Waals surface area contributed by atoms with Crippen molar-refractivity contribution in [3.8, 4) is 0 Å². The third-order valence-electron chi connectivity index (χ3n) is 1.84. The van der Waals surface area contributed by atoms with Crippen molar-refractivity contribution in [1.29, 1.82) is 0 Å². The number of carboxylic acids is 1. The molecule has 1 rings (SSSR count). The zero-order valence-corrected chi connectivity index (χ0v) is 12.7. The second-order valence-corrected chi connectivity index (χ2v) is 3.13. The molecular weight excluding hydrogens is 269 g/mol. The molecule has 1 aromatic carbocycles. The first kappa shape index (κ1) is 17.2. The molecule has 8 heteroatoms. The molecule has 0 atom stereocenters. The van der Waals surface area contributed by atoms with Gasteiger partial charge in [0.25, 0.3) is 5.69 Å². The topological polar surface area (TPSA) is 110 Å². The molecule has 0 saturated carbocycles. The number of benzene rings is 1. The second-order valence-electron chi connectivity index (χ2n) is 3.13. The minimum atomic E-state index is -1.52. The first-order chi connectivity index (χ1) is 7.99. The Labute approximate surface area is 145 Å². The largest absolute Gasteiger partial charge is 1.00 e. The number of carboxylic acid groups (broad SMARTS) is 1. The maximum Gasteiger partial charge on any atom is 1.00 e. The minimum absolute atomic E-state index is 0. The zero-order valence-electron chi connectivity index (χ0n) is 9.62. The van der Waals surface area contributed by atoms with Gasteiger partial charge in [-0.1, -0.05) is 0 Å². The van der Waals surface area contributed by atoms with Crippen LogP contribution in [0, 0.1) is 10.1 Å². The smallest absolute Gasteiger partial charge is 0.550 e. The molecule has 0 fully saturated rings. The van der Waals surface area contributed by atoms with Gasteiger partial charge in [0.1, 0.15) is 6.61 Å². The third kappa shape index (κ3) is 6.22. The van der Waals surface area contributed by atoms with Crippen LogP contribution in [0.5, 0.6) is 0 Å². The number of carbonyl (C=O) groups is 2. The number of hydrogen-bond donors (Lipinski definition) is 0. The van der Waals surface area contributed by atoms with Crippen molar-refractivity contribution < 1.29 is 75.7 Å². The average Bonchev–Trinajstić information content (AvgIpc) is 2.26. The van der Waals surface area contributed by atoms with E-state index in [1.54, 1.807) is 0 Å². The Bertz CT molecular complexity index is 444. The van der Waals surface area contributed by atoms with Gasteiger partial charge in [-0.15, -0.1) is 0 Å². The molecule has 0 aromatic heterocycles. The van der Waals surface area contributed by atoms with E-state index in [0.29, 0.717) is 5.56 Å². The molecule has 0 aliphatic rings. The molecule has 1 aromatic rings. The molecule has 0 amide bonds. The van der Waals surface area contributed by atoms with E-state index in [-0.39, 0.29) is 63.7 Å². The van der Waals surface area contributed by atoms with Crippen LogP contribution in [0.1, 0.15) is 12.0 Å². The fraction of sp³-hybridized carbons (Fsp3) is 0.200. The van der Waals surface area contributed by atoms with Gasteiger partial charge in [0, 0.05) is 12.1 Å². The zero-order chi connectivity index (χ0) is 12.8. The molecule has 0 aliphatic carbocycles. The van der Waals surface area contributed by atoms with Crippen LogP contribution in [0.4, 0.5) is 5.69 Å². The summed E-state index contributed by atoms with van der Waals surface area (Å²) in [5.74, 6) is -2.43. The van der Waals surface area contributed by atoms with Crippen molar-refractivity contribution in [1.82, 2.24) is 0 Å². The molecule has 0 saturated heterocycles. The van der Waals surface area contributed by atoms with Gasteiger partial charge >= 0.3 is 57.4 Å². The molecule has 0 radical (unpaired) electrons. The molecule has 7 nitrogen and oxygen atoms in total. The molecule has 0 heterocycles. The molecule has 0 bridgehead atoms. The Morgan fingerprint density at radius 1 is 1.22 bits per heavy atom. The number of carbonyl (C=O) groups excluding carboxylic acids is 2. The van der Waals surface area contributed by atoms with Crippen LogP contribution >= 0.6 is 0 Å². The van der Waals surface area contributed by atoms with Crippen molar-refractivity contribution >= 4 is 17.6 Å². The van der Waals surface area contributed by atoms with Crippen LogP contribution in [0.15, 0.2) is 24.3 Å². The molecule has 0 unspecified atom stereocenters. The quantitative estimate of drug-likeness (QED) is 0.184. The summed E-state index contributed by atoms with van der Waals surface area (Å²) >= 11 is 0. The van der Waals surface area contributed by atoms with Crippen molar-refractivity contribution in [2.75, 3.05) is 0 Å². The first-order valence-corrected chi connectivity index (χ1v) is 4.58. The minimum Gasteiger partial charge on any atom is -0.550 e. The summed E-state index contributed by atoms with van der Waals surface area (Å²) in [7, 11) is 0. The predicted octanol–water partition coefficient (Wildman–Crippen LogP) is -3.22. The van der Waals surface area contributed by atoms with E-state index in [4.69, 9.17) is 0 Å². The number of nitrogens with zero attached hydrogens (tertiary/aromatic N) is 1. The monoisotopic (exact) mass is 277 g/mol. The average molecular weight is 277 g/mol. The van der Waals surface area contributed by atoms with Crippen molar-refractivity contribution in [3.05, 3.63) is 39.9 Å². The van der Waals surface area contributed by atoms with Gasteiger partial charge in [0.2, 0.25) is 0 Å². The fourth-order valence-corrected chi connectivity index (χ4v) is 1.05.